The maximum Gasteiger partial charge on any atom is 0.338 e. The van der Waals surface area contributed by atoms with Gasteiger partial charge in [-0.2, -0.15) is 0 Å². The molecule has 2 N–H and O–H groups in total. The zero-order valence-corrected chi connectivity index (χ0v) is 10.7. The number of carboxylic acid groups (broad SMARTS) is 1. The number of carboxylic acids is 1. The van der Waals surface area contributed by atoms with E-state index in [1.54, 1.807) is 12.1 Å². The molecular formula is C12H9BrFNO3. The van der Waals surface area contributed by atoms with Gasteiger partial charge in [-0.05, 0) is 40.2 Å². The Hall–Kier alpha value is -1.82. The summed E-state index contributed by atoms with van der Waals surface area (Å²) < 4.78 is 18.7. The third kappa shape index (κ3) is 2.89. The van der Waals surface area contributed by atoms with Crippen LogP contribution >= 0.6 is 15.9 Å². The molecule has 1 aromatic heterocycles. The van der Waals surface area contributed by atoms with Gasteiger partial charge in [0.2, 0.25) is 0 Å². The number of halogens is 2. The van der Waals surface area contributed by atoms with E-state index in [0.29, 0.717) is 15.9 Å². The van der Waals surface area contributed by atoms with Gasteiger partial charge in [-0.15, -0.1) is 0 Å². The normalized spacial score (nSPS) is 10.3. The number of carbonyl (C=O) groups is 1. The van der Waals surface area contributed by atoms with Gasteiger partial charge in [-0.25, -0.2) is 9.18 Å². The first-order chi connectivity index (χ1) is 8.56. The van der Waals surface area contributed by atoms with Gasteiger partial charge in [0.1, 0.15) is 17.8 Å². The highest BCUT2D eigenvalue weighted by Crippen LogP contribution is 2.20. The first-order valence-electron chi connectivity index (χ1n) is 5.06. The molecule has 0 aliphatic rings. The number of anilines is 1. The summed E-state index contributed by atoms with van der Waals surface area (Å²) in [6.07, 6.45) is 1.17. The molecule has 94 valence electrons. The molecule has 18 heavy (non-hydrogen) atoms. The molecule has 1 aromatic carbocycles. The number of benzene rings is 1. The van der Waals surface area contributed by atoms with Gasteiger partial charge in [-0.3, -0.25) is 0 Å². The first kappa shape index (κ1) is 12.6. The zero-order chi connectivity index (χ0) is 13.1. The largest absolute Gasteiger partial charge is 0.478 e. The summed E-state index contributed by atoms with van der Waals surface area (Å²) in [7, 11) is 0. The quantitative estimate of drug-likeness (QED) is 0.907. The van der Waals surface area contributed by atoms with E-state index < -0.39 is 5.97 Å². The maximum absolute atomic E-state index is 13.2. The molecule has 0 atom stereocenters. The Morgan fingerprint density at radius 3 is 2.83 bits per heavy atom. The standard InChI is InChI=1S/C12H9BrFNO3/c13-10-2-1-8(4-11(10)14)15-5-9-3-7(6-18-9)12(16)17/h1-4,6,15H,5H2,(H,16,17). The molecule has 0 bridgehead atoms. The molecular weight excluding hydrogens is 305 g/mol. The van der Waals surface area contributed by atoms with Crippen LogP contribution in [-0.2, 0) is 6.54 Å². The van der Waals surface area contributed by atoms with E-state index in [1.807, 2.05) is 0 Å². The van der Waals surface area contributed by atoms with E-state index in [9.17, 15) is 9.18 Å². The number of furan rings is 1. The van der Waals surface area contributed by atoms with Gasteiger partial charge in [0.25, 0.3) is 0 Å². The summed E-state index contributed by atoms with van der Waals surface area (Å²) in [6, 6.07) is 6.05. The number of hydrogen-bond donors (Lipinski definition) is 2. The summed E-state index contributed by atoms with van der Waals surface area (Å²) in [5.41, 5.74) is 0.678. The Morgan fingerprint density at radius 2 is 2.22 bits per heavy atom. The van der Waals surface area contributed by atoms with Crippen LogP contribution in [0.2, 0.25) is 0 Å². The molecule has 0 amide bonds. The molecule has 0 saturated heterocycles. The average molecular weight is 314 g/mol. The predicted octanol–water partition coefficient (Wildman–Crippen LogP) is 3.49. The Kier molecular flexibility index (Phi) is 3.66. The second-order valence-corrected chi connectivity index (χ2v) is 4.44. The van der Waals surface area contributed by atoms with Gasteiger partial charge in [-0.1, -0.05) is 0 Å². The smallest absolute Gasteiger partial charge is 0.338 e. The minimum atomic E-state index is -1.04. The molecule has 0 radical (unpaired) electrons. The minimum absolute atomic E-state index is 0.0915. The molecule has 0 aliphatic heterocycles. The minimum Gasteiger partial charge on any atom is -0.478 e. The molecule has 4 nitrogen and oxygen atoms in total. The van der Waals surface area contributed by atoms with Crippen LogP contribution in [0.4, 0.5) is 10.1 Å². The summed E-state index contributed by atoms with van der Waals surface area (Å²) in [5.74, 6) is -0.943. The maximum atomic E-state index is 13.2. The SMILES string of the molecule is O=C(O)c1coc(CNc2ccc(Br)c(F)c2)c1. The Labute approximate surface area is 111 Å². The molecule has 0 unspecified atom stereocenters. The Balaban J connectivity index is 2.02. The predicted molar refractivity (Wildman–Crippen MR) is 67.1 cm³/mol. The molecule has 0 spiro atoms. The highest BCUT2D eigenvalue weighted by molar-refractivity contribution is 9.10. The lowest BCUT2D eigenvalue weighted by Gasteiger charge is -2.04. The van der Waals surface area contributed by atoms with E-state index in [-0.39, 0.29) is 17.9 Å². The van der Waals surface area contributed by atoms with E-state index in [1.165, 1.54) is 18.4 Å². The van der Waals surface area contributed by atoms with Crippen molar-refractivity contribution in [1.29, 1.82) is 0 Å². The summed E-state index contributed by atoms with van der Waals surface area (Å²) in [6.45, 7) is 0.286. The van der Waals surface area contributed by atoms with Crippen molar-refractivity contribution in [3.8, 4) is 0 Å². The molecule has 6 heteroatoms. The van der Waals surface area contributed by atoms with Crippen molar-refractivity contribution in [1.82, 2.24) is 0 Å². The fourth-order valence-electron chi connectivity index (χ4n) is 1.38. The number of hydrogen-bond acceptors (Lipinski definition) is 3. The highest BCUT2D eigenvalue weighted by Gasteiger charge is 2.08. The van der Waals surface area contributed by atoms with Crippen LogP contribution in [0.1, 0.15) is 16.1 Å². The second-order valence-electron chi connectivity index (χ2n) is 3.59. The Morgan fingerprint density at radius 1 is 1.44 bits per heavy atom. The van der Waals surface area contributed by atoms with Crippen LogP contribution in [0.5, 0.6) is 0 Å². The third-order valence-corrected chi connectivity index (χ3v) is 2.93. The molecule has 0 fully saturated rings. The fourth-order valence-corrected chi connectivity index (χ4v) is 1.63. The van der Waals surface area contributed by atoms with Crippen LogP contribution in [0, 0.1) is 5.82 Å². The van der Waals surface area contributed by atoms with Crippen LogP contribution in [0.25, 0.3) is 0 Å². The van der Waals surface area contributed by atoms with E-state index in [0.717, 1.165) is 0 Å². The first-order valence-corrected chi connectivity index (χ1v) is 5.85. The van der Waals surface area contributed by atoms with E-state index >= 15 is 0 Å². The van der Waals surface area contributed by atoms with Crippen molar-refractivity contribution in [3.05, 3.63) is 52.1 Å². The van der Waals surface area contributed by atoms with Gasteiger partial charge in [0.05, 0.1) is 16.6 Å². The monoisotopic (exact) mass is 313 g/mol. The third-order valence-electron chi connectivity index (χ3n) is 2.29. The number of aromatic carboxylic acids is 1. The highest BCUT2D eigenvalue weighted by atomic mass is 79.9. The molecule has 2 rings (SSSR count). The van der Waals surface area contributed by atoms with Crippen molar-refractivity contribution >= 4 is 27.6 Å². The summed E-state index contributed by atoms with van der Waals surface area (Å²) >= 11 is 3.06. The molecule has 1 heterocycles. The zero-order valence-electron chi connectivity index (χ0n) is 9.11. The Bertz CT molecular complexity index is 582. The molecule has 0 aliphatic carbocycles. The number of nitrogens with one attached hydrogen (secondary N) is 1. The van der Waals surface area contributed by atoms with Crippen molar-refractivity contribution < 1.29 is 18.7 Å². The lowest BCUT2D eigenvalue weighted by molar-refractivity contribution is 0.0696. The van der Waals surface area contributed by atoms with E-state index in [4.69, 9.17) is 9.52 Å². The van der Waals surface area contributed by atoms with Crippen LogP contribution in [0.15, 0.2) is 39.4 Å². The van der Waals surface area contributed by atoms with Crippen molar-refractivity contribution in [2.24, 2.45) is 0 Å². The average Bonchev–Trinajstić information content (AvgIpc) is 2.79. The van der Waals surface area contributed by atoms with Crippen LogP contribution in [-0.4, -0.2) is 11.1 Å². The summed E-state index contributed by atoms with van der Waals surface area (Å²) in [5, 5.41) is 11.6. The van der Waals surface area contributed by atoms with Crippen molar-refractivity contribution in [2.45, 2.75) is 6.54 Å². The summed E-state index contributed by atoms with van der Waals surface area (Å²) in [4.78, 5) is 10.6. The van der Waals surface area contributed by atoms with Crippen molar-refractivity contribution in [2.75, 3.05) is 5.32 Å². The lowest BCUT2D eigenvalue weighted by Crippen LogP contribution is -1.99. The van der Waals surface area contributed by atoms with Gasteiger partial charge >= 0.3 is 5.97 Å². The van der Waals surface area contributed by atoms with Gasteiger partial charge in [0.15, 0.2) is 0 Å². The molecule has 2 aromatic rings. The van der Waals surface area contributed by atoms with E-state index in [2.05, 4.69) is 21.2 Å². The fraction of sp³-hybridized carbons (Fsp3) is 0.0833. The van der Waals surface area contributed by atoms with Gasteiger partial charge in [0, 0.05) is 5.69 Å². The van der Waals surface area contributed by atoms with Crippen LogP contribution < -0.4 is 5.32 Å². The van der Waals surface area contributed by atoms with Gasteiger partial charge < -0.3 is 14.8 Å². The molecule has 0 saturated carbocycles. The van der Waals surface area contributed by atoms with Crippen LogP contribution in [0.3, 0.4) is 0 Å². The topological polar surface area (TPSA) is 62.5 Å². The lowest BCUT2D eigenvalue weighted by atomic mass is 10.3. The number of rotatable bonds is 4. The second kappa shape index (κ2) is 5.22. The van der Waals surface area contributed by atoms with Crippen molar-refractivity contribution in [3.63, 3.8) is 0 Å².